The first-order valence-corrected chi connectivity index (χ1v) is 8.26. The predicted octanol–water partition coefficient (Wildman–Crippen LogP) is 1.82. The Morgan fingerprint density at radius 1 is 1.12 bits per heavy atom. The van der Waals surface area contributed by atoms with Crippen molar-refractivity contribution >= 4 is 27.7 Å². The number of hydrogen-bond donors (Lipinski definition) is 2. The number of rotatable bonds is 4. The molecule has 0 saturated carbocycles. The van der Waals surface area contributed by atoms with Crippen LogP contribution in [0.2, 0.25) is 0 Å². The monoisotopic (exact) mass is 406 g/mol. The Labute approximate surface area is 152 Å². The van der Waals surface area contributed by atoms with Crippen LogP contribution in [0.15, 0.2) is 53.0 Å². The summed E-state index contributed by atoms with van der Waals surface area (Å²) in [4.78, 5) is 23.8. The Bertz CT molecular complexity index is 783. The van der Waals surface area contributed by atoms with Crippen LogP contribution in [0.4, 0.5) is 0 Å². The van der Waals surface area contributed by atoms with Crippen LogP contribution in [0.1, 0.15) is 0 Å². The average molecular weight is 407 g/mol. The van der Waals surface area contributed by atoms with Crippen LogP contribution in [0.3, 0.4) is 0 Å². The first kappa shape index (κ1) is 17.1. The molecule has 130 valence electrons. The number of carbonyl (C=O) groups is 2. The van der Waals surface area contributed by atoms with Gasteiger partial charge in [-0.2, -0.15) is 0 Å². The highest BCUT2D eigenvalue weighted by Crippen LogP contribution is 2.30. The molecule has 25 heavy (non-hydrogen) atoms. The van der Waals surface area contributed by atoms with E-state index < -0.39 is 17.9 Å². The maximum atomic E-state index is 12.1. The summed E-state index contributed by atoms with van der Waals surface area (Å²) in [5.74, 6) is 0.600. The largest absolute Gasteiger partial charge is 0.485 e. The molecule has 1 aliphatic heterocycles. The third-order valence-corrected chi connectivity index (χ3v) is 3.79. The lowest BCUT2D eigenvalue weighted by Gasteiger charge is -2.25. The number of ether oxygens (including phenoxy) is 3. The SMILES string of the molecule is O=C(COc1cccc(Br)c1)NNC(=O)[C@H]1COc2ccccc2O1. The number of hydrogen-bond acceptors (Lipinski definition) is 5. The molecular formula is C17H15BrN2O5. The minimum atomic E-state index is -0.846. The van der Waals surface area contributed by atoms with Gasteiger partial charge in [-0.15, -0.1) is 0 Å². The molecule has 2 N–H and O–H groups in total. The summed E-state index contributed by atoms with van der Waals surface area (Å²) in [6, 6.07) is 14.1. The van der Waals surface area contributed by atoms with E-state index in [4.69, 9.17) is 14.2 Å². The number of halogens is 1. The van der Waals surface area contributed by atoms with Crippen LogP contribution in [0.5, 0.6) is 17.2 Å². The van der Waals surface area contributed by atoms with Crippen molar-refractivity contribution in [2.75, 3.05) is 13.2 Å². The fourth-order valence-electron chi connectivity index (χ4n) is 2.10. The molecule has 0 saturated heterocycles. The van der Waals surface area contributed by atoms with E-state index in [0.29, 0.717) is 17.2 Å². The summed E-state index contributed by atoms with van der Waals surface area (Å²) in [6.45, 7) is -0.172. The zero-order valence-electron chi connectivity index (χ0n) is 13.0. The van der Waals surface area contributed by atoms with Gasteiger partial charge in [0.05, 0.1) is 0 Å². The van der Waals surface area contributed by atoms with E-state index in [9.17, 15) is 9.59 Å². The number of benzene rings is 2. The number of hydrazine groups is 1. The quantitative estimate of drug-likeness (QED) is 0.756. The molecule has 8 heteroatoms. The third kappa shape index (κ3) is 4.63. The Morgan fingerprint density at radius 2 is 1.92 bits per heavy atom. The van der Waals surface area contributed by atoms with Crippen molar-refractivity contribution in [3.8, 4) is 17.2 Å². The fraction of sp³-hybridized carbons (Fsp3) is 0.176. The van der Waals surface area contributed by atoms with Crippen molar-refractivity contribution in [1.29, 1.82) is 0 Å². The van der Waals surface area contributed by atoms with Gasteiger partial charge in [0.2, 0.25) is 6.10 Å². The van der Waals surface area contributed by atoms with Gasteiger partial charge in [0.15, 0.2) is 18.1 Å². The lowest BCUT2D eigenvalue weighted by atomic mass is 10.2. The smallest absolute Gasteiger partial charge is 0.283 e. The maximum absolute atomic E-state index is 12.1. The van der Waals surface area contributed by atoms with Gasteiger partial charge in [-0.25, -0.2) is 0 Å². The van der Waals surface area contributed by atoms with E-state index in [1.54, 1.807) is 36.4 Å². The van der Waals surface area contributed by atoms with Gasteiger partial charge in [-0.05, 0) is 30.3 Å². The molecule has 2 aromatic rings. The lowest BCUT2D eigenvalue weighted by Crippen LogP contribution is -2.51. The number of fused-ring (bicyclic) bond motifs is 1. The van der Waals surface area contributed by atoms with Crippen molar-refractivity contribution in [3.63, 3.8) is 0 Å². The van der Waals surface area contributed by atoms with Gasteiger partial charge in [-0.3, -0.25) is 20.4 Å². The van der Waals surface area contributed by atoms with Crippen LogP contribution in [0.25, 0.3) is 0 Å². The second-order valence-corrected chi connectivity index (χ2v) is 6.06. The van der Waals surface area contributed by atoms with E-state index in [1.807, 2.05) is 12.1 Å². The second kappa shape index (κ2) is 7.89. The summed E-state index contributed by atoms with van der Waals surface area (Å²) < 4.78 is 17.2. The first-order valence-electron chi connectivity index (χ1n) is 7.47. The van der Waals surface area contributed by atoms with Gasteiger partial charge in [0.1, 0.15) is 12.4 Å². The summed E-state index contributed by atoms with van der Waals surface area (Å²) in [7, 11) is 0. The molecule has 2 amide bonds. The number of amides is 2. The van der Waals surface area contributed by atoms with Crippen molar-refractivity contribution in [2.24, 2.45) is 0 Å². The van der Waals surface area contributed by atoms with Crippen LogP contribution in [-0.2, 0) is 9.59 Å². The second-order valence-electron chi connectivity index (χ2n) is 5.15. The minimum absolute atomic E-state index is 0.0628. The van der Waals surface area contributed by atoms with E-state index >= 15 is 0 Å². The number of carbonyl (C=O) groups excluding carboxylic acids is 2. The molecule has 2 aromatic carbocycles. The summed E-state index contributed by atoms with van der Waals surface area (Å²) in [6.07, 6.45) is -0.846. The molecule has 0 radical (unpaired) electrons. The summed E-state index contributed by atoms with van der Waals surface area (Å²) in [5.41, 5.74) is 4.58. The van der Waals surface area contributed by atoms with Crippen molar-refractivity contribution in [2.45, 2.75) is 6.10 Å². The van der Waals surface area contributed by atoms with Crippen molar-refractivity contribution < 1.29 is 23.8 Å². The van der Waals surface area contributed by atoms with Crippen LogP contribution < -0.4 is 25.1 Å². The van der Waals surface area contributed by atoms with E-state index in [1.165, 1.54) is 0 Å². The summed E-state index contributed by atoms with van der Waals surface area (Å²) in [5, 5.41) is 0. The van der Waals surface area contributed by atoms with E-state index in [0.717, 1.165) is 4.47 Å². The molecule has 7 nitrogen and oxygen atoms in total. The molecule has 1 heterocycles. The number of nitrogens with one attached hydrogen (secondary N) is 2. The highest BCUT2D eigenvalue weighted by molar-refractivity contribution is 9.10. The topological polar surface area (TPSA) is 85.9 Å². The molecule has 0 unspecified atom stereocenters. The lowest BCUT2D eigenvalue weighted by molar-refractivity contribution is -0.135. The molecular weight excluding hydrogens is 392 g/mol. The average Bonchev–Trinajstić information content (AvgIpc) is 2.64. The molecule has 0 spiro atoms. The molecule has 0 aliphatic carbocycles. The molecule has 0 bridgehead atoms. The van der Waals surface area contributed by atoms with Crippen LogP contribution in [-0.4, -0.2) is 31.1 Å². The van der Waals surface area contributed by atoms with E-state index in [-0.39, 0.29) is 13.2 Å². The molecule has 1 aliphatic rings. The van der Waals surface area contributed by atoms with E-state index in [2.05, 4.69) is 26.8 Å². The zero-order chi connectivity index (χ0) is 17.6. The molecule has 0 fully saturated rings. The van der Waals surface area contributed by atoms with Crippen LogP contribution >= 0.6 is 15.9 Å². The highest BCUT2D eigenvalue weighted by Gasteiger charge is 2.27. The Kier molecular flexibility index (Phi) is 5.39. The van der Waals surface area contributed by atoms with Gasteiger partial charge in [-0.1, -0.05) is 34.1 Å². The Morgan fingerprint density at radius 3 is 2.72 bits per heavy atom. The Hall–Kier alpha value is -2.74. The van der Waals surface area contributed by atoms with Crippen molar-refractivity contribution in [1.82, 2.24) is 10.9 Å². The first-order chi connectivity index (χ1) is 12.1. The van der Waals surface area contributed by atoms with Gasteiger partial charge < -0.3 is 14.2 Å². The third-order valence-electron chi connectivity index (χ3n) is 3.29. The van der Waals surface area contributed by atoms with Crippen LogP contribution in [0, 0.1) is 0 Å². The minimum Gasteiger partial charge on any atom is -0.485 e. The highest BCUT2D eigenvalue weighted by atomic mass is 79.9. The molecule has 1 atom stereocenters. The zero-order valence-corrected chi connectivity index (χ0v) is 14.6. The van der Waals surface area contributed by atoms with Crippen molar-refractivity contribution in [3.05, 3.63) is 53.0 Å². The van der Waals surface area contributed by atoms with Gasteiger partial charge >= 0.3 is 0 Å². The Balaban J connectivity index is 1.44. The van der Waals surface area contributed by atoms with Gasteiger partial charge in [0.25, 0.3) is 11.8 Å². The number of para-hydroxylation sites is 2. The maximum Gasteiger partial charge on any atom is 0.283 e. The van der Waals surface area contributed by atoms with Gasteiger partial charge in [0, 0.05) is 4.47 Å². The predicted molar refractivity (Wildman–Crippen MR) is 92.3 cm³/mol. The summed E-state index contributed by atoms with van der Waals surface area (Å²) >= 11 is 3.31. The fourth-order valence-corrected chi connectivity index (χ4v) is 2.48. The molecule has 0 aromatic heterocycles. The standard InChI is InChI=1S/C17H15BrN2O5/c18-11-4-3-5-12(8-11)23-10-16(21)19-20-17(22)15-9-24-13-6-1-2-7-14(13)25-15/h1-8,15H,9-10H2,(H,19,21)(H,20,22)/t15-/m1/s1. The normalized spacial score (nSPS) is 15.2. The molecule has 3 rings (SSSR count).